The van der Waals surface area contributed by atoms with Crippen LogP contribution in [0.4, 0.5) is 0 Å². The Bertz CT molecular complexity index is 3300. The number of hydrogen-bond acceptors (Lipinski definition) is 24. The number of aliphatic hydroxyl groups excluding tert-OH is 1. The fraction of sp³-hybridized carbons (Fsp3) is 0.500. The molecule has 3 heterocycles. The molecule has 26 heteroatoms. The van der Waals surface area contributed by atoms with Crippen molar-refractivity contribution in [2.45, 2.75) is 197 Å². The van der Waals surface area contributed by atoms with E-state index in [0.29, 0.717) is 17.2 Å². The molecule has 25 nitrogen and oxygen atoms in total. The third-order valence-corrected chi connectivity index (χ3v) is 17.9. The summed E-state index contributed by atoms with van der Waals surface area (Å²) in [6.07, 6.45) is -23.3. The molecule has 8 rings (SSSR count). The van der Waals surface area contributed by atoms with Crippen molar-refractivity contribution < 1.29 is 115 Å². The highest BCUT2D eigenvalue weighted by atomic mass is 28.3. The molecule has 0 spiro atoms. The molecule has 0 saturated carbocycles. The number of methoxy groups -OCH3 is 1. The molecule has 3 fully saturated rings. The number of amides is 1. The Morgan fingerprint density at radius 3 is 1.56 bits per heavy atom. The molecular formula is C72H91NO24Si. The maximum absolute atomic E-state index is 15.3. The zero-order valence-electron chi connectivity index (χ0n) is 56.7. The van der Waals surface area contributed by atoms with E-state index in [4.69, 9.17) is 75.8 Å². The topological polar surface area (TPSA) is 303 Å². The van der Waals surface area contributed by atoms with E-state index in [9.17, 15) is 34.2 Å². The molecule has 0 radical (unpaired) electrons. The van der Waals surface area contributed by atoms with Gasteiger partial charge in [-0.1, -0.05) is 171 Å². The molecule has 3 aliphatic heterocycles. The van der Waals surface area contributed by atoms with Crippen LogP contribution in [0.25, 0.3) is 0 Å². The van der Waals surface area contributed by atoms with Gasteiger partial charge in [0.1, 0.15) is 61.5 Å². The van der Waals surface area contributed by atoms with Crippen LogP contribution in [0, 0.1) is 0 Å². The summed E-state index contributed by atoms with van der Waals surface area (Å²) in [4.78, 5) is 80.7. The van der Waals surface area contributed by atoms with E-state index in [1.54, 1.807) is 30.3 Å². The lowest BCUT2D eigenvalue weighted by atomic mass is 9.87. The Morgan fingerprint density at radius 2 is 1.08 bits per heavy atom. The molecule has 0 bridgehead atoms. The molecule has 532 valence electrons. The quantitative estimate of drug-likeness (QED) is 0.0162. The van der Waals surface area contributed by atoms with Crippen LogP contribution in [0.15, 0.2) is 152 Å². The van der Waals surface area contributed by atoms with Crippen LogP contribution in [0.1, 0.15) is 68.9 Å². The number of carbonyl (C=O) groups is 6. The Hall–Kier alpha value is -7.38. The molecule has 3 saturated heterocycles. The van der Waals surface area contributed by atoms with Gasteiger partial charge in [-0.15, -0.1) is 0 Å². The number of ether oxygens (including phenoxy) is 16. The zero-order valence-corrected chi connectivity index (χ0v) is 57.7. The lowest BCUT2D eigenvalue weighted by Crippen LogP contribution is -2.73. The normalized spacial score (nSPS) is 26.9. The second-order valence-corrected chi connectivity index (χ2v) is 31.0. The van der Waals surface area contributed by atoms with Crippen molar-refractivity contribution in [3.8, 4) is 0 Å². The molecule has 0 unspecified atom stereocenters. The first-order valence-corrected chi connectivity index (χ1v) is 36.2. The van der Waals surface area contributed by atoms with Crippen molar-refractivity contribution in [2.24, 2.45) is 0 Å². The van der Waals surface area contributed by atoms with Crippen LogP contribution >= 0.6 is 0 Å². The van der Waals surface area contributed by atoms with Crippen LogP contribution in [-0.4, -0.2) is 185 Å². The van der Waals surface area contributed by atoms with Gasteiger partial charge in [-0.25, -0.2) is 4.79 Å². The van der Waals surface area contributed by atoms with Crippen molar-refractivity contribution in [3.05, 3.63) is 179 Å². The van der Waals surface area contributed by atoms with Crippen LogP contribution < -0.4 is 5.32 Å². The number of aliphatic hydroxyl groups is 2. The fourth-order valence-corrected chi connectivity index (χ4v) is 12.3. The Kier molecular flexibility index (Phi) is 28.5. The van der Waals surface area contributed by atoms with Crippen LogP contribution in [0.2, 0.25) is 25.7 Å². The zero-order chi connectivity index (χ0) is 70.4. The second kappa shape index (κ2) is 36.6. The summed E-state index contributed by atoms with van der Waals surface area (Å²) in [7, 11) is -0.788. The van der Waals surface area contributed by atoms with Crippen molar-refractivity contribution in [3.63, 3.8) is 0 Å². The third kappa shape index (κ3) is 22.1. The maximum Gasteiger partial charge on any atom is 0.366 e. The first-order chi connectivity index (χ1) is 46.9. The van der Waals surface area contributed by atoms with Gasteiger partial charge in [0, 0.05) is 49.3 Å². The van der Waals surface area contributed by atoms with Gasteiger partial charge < -0.3 is 91.3 Å². The third-order valence-electron chi connectivity index (χ3n) is 16.2. The SMILES string of the molecule is COC(=O)[C@@]1(O[C@H]2[C@@H](O)[C@@H](COCc3ccccc3)O[C@@H](O[C@]3(O)[C@H](OCc4ccccc4)[C@@H](OCc4ccccc4)[C@H](OCC[Si](C)(C)C)O[C@@H]3COCc3ccccc3)[C@@H]2OCc2ccccc2)C[C@H](OC(C)=O)[C@@H](NC(C)=O)[C@H]([C@H](OC(C)=O)[C@@H](COC(C)=O)OC(C)=O)O1. The van der Waals surface area contributed by atoms with E-state index < -0.39 is 167 Å². The molecule has 3 aliphatic rings. The van der Waals surface area contributed by atoms with E-state index in [0.717, 1.165) is 58.4 Å². The summed E-state index contributed by atoms with van der Waals surface area (Å²) < 4.78 is 104. The summed E-state index contributed by atoms with van der Waals surface area (Å²) in [6, 6.07) is 44.8. The summed E-state index contributed by atoms with van der Waals surface area (Å²) in [5, 5.41) is 30.3. The average molecular weight is 1380 g/mol. The minimum absolute atomic E-state index is 0.0220. The highest BCUT2D eigenvalue weighted by Crippen LogP contribution is 2.44. The van der Waals surface area contributed by atoms with Gasteiger partial charge in [0.25, 0.3) is 5.79 Å². The van der Waals surface area contributed by atoms with Gasteiger partial charge in [-0.2, -0.15) is 0 Å². The highest BCUT2D eigenvalue weighted by Gasteiger charge is 2.65. The molecule has 16 atom stereocenters. The molecule has 1 amide bonds. The number of nitrogens with one attached hydrogen (secondary N) is 1. The molecule has 0 aliphatic carbocycles. The lowest BCUT2D eigenvalue weighted by Gasteiger charge is -2.54. The molecule has 3 N–H and O–H groups in total. The van der Waals surface area contributed by atoms with E-state index in [1.807, 2.05) is 121 Å². The first kappa shape index (κ1) is 76.4. The first-order valence-electron chi connectivity index (χ1n) is 32.5. The monoisotopic (exact) mass is 1380 g/mol. The Balaban J connectivity index is 1.33. The molecule has 5 aromatic carbocycles. The van der Waals surface area contributed by atoms with E-state index in [-0.39, 0.29) is 39.6 Å². The molecule has 0 aromatic heterocycles. The molecular weight excluding hydrogens is 1290 g/mol. The largest absolute Gasteiger partial charge is 0.465 e. The Labute approximate surface area is 571 Å². The summed E-state index contributed by atoms with van der Waals surface area (Å²) in [5.74, 6) is -11.6. The standard InChI is InChI=1S/C72H91NO24Si/c1-46(74)73-60-56(90-48(3)76)37-71(70(80)82-6,95-63(60)62(92-50(5)78)58(91-49(4)77)44-86-47(2)75)96-64-61(79)57(43-83-38-51-25-15-10-16-26-51)93-69(65(64)87-40-53-29-19-12-20-30-53)97-72(81)59(45-84-39-52-27-17-11-18-28-52)94-68(85-35-36-98(7,8)9)66(88-41-54-31-21-13-22-32-54)67(72)89-42-55-33-23-14-24-34-55/h10-34,56-69,79,81H,35-45H2,1-9H3,(H,73,74)/t56-,57+,58+,59+,60+,61-,62+,63+,64-,65+,66+,67+,68+,69-,71-,72-/m0/s1. The van der Waals surface area contributed by atoms with Crippen molar-refractivity contribution >= 4 is 43.8 Å². The number of hydrogen-bond donors (Lipinski definition) is 3. The number of carbonyl (C=O) groups excluding carboxylic acids is 6. The average Bonchev–Trinajstić information content (AvgIpc) is 0.745. The van der Waals surface area contributed by atoms with E-state index >= 15 is 4.79 Å². The lowest BCUT2D eigenvalue weighted by molar-refractivity contribution is -0.455. The summed E-state index contributed by atoms with van der Waals surface area (Å²) in [5.41, 5.74) is 3.52. The van der Waals surface area contributed by atoms with E-state index in [1.165, 1.54) is 0 Å². The van der Waals surface area contributed by atoms with Gasteiger partial charge in [0.15, 0.2) is 24.8 Å². The highest BCUT2D eigenvalue weighted by molar-refractivity contribution is 6.76. The summed E-state index contributed by atoms with van der Waals surface area (Å²) >= 11 is 0. The van der Waals surface area contributed by atoms with Crippen LogP contribution in [0.3, 0.4) is 0 Å². The van der Waals surface area contributed by atoms with Gasteiger partial charge in [-0.3, -0.25) is 24.0 Å². The van der Waals surface area contributed by atoms with Gasteiger partial charge in [-0.05, 0) is 33.9 Å². The predicted octanol–water partition coefficient (Wildman–Crippen LogP) is 6.95. The van der Waals surface area contributed by atoms with Gasteiger partial charge >= 0.3 is 29.8 Å². The molecule has 98 heavy (non-hydrogen) atoms. The van der Waals surface area contributed by atoms with Gasteiger partial charge in [0.05, 0.1) is 65.8 Å². The van der Waals surface area contributed by atoms with Crippen LogP contribution in [-0.2, 0) is 138 Å². The second-order valence-electron chi connectivity index (χ2n) is 25.3. The number of benzene rings is 5. The minimum Gasteiger partial charge on any atom is -0.465 e. The number of esters is 5. The maximum atomic E-state index is 15.3. The smallest absolute Gasteiger partial charge is 0.366 e. The predicted molar refractivity (Wildman–Crippen MR) is 351 cm³/mol. The van der Waals surface area contributed by atoms with Crippen molar-refractivity contribution in [1.29, 1.82) is 0 Å². The van der Waals surface area contributed by atoms with Gasteiger partial charge in [0.2, 0.25) is 11.7 Å². The number of rotatable bonds is 34. The Morgan fingerprint density at radius 1 is 0.582 bits per heavy atom. The van der Waals surface area contributed by atoms with Crippen molar-refractivity contribution in [2.75, 3.05) is 33.5 Å². The fourth-order valence-electron chi connectivity index (χ4n) is 11.6. The van der Waals surface area contributed by atoms with E-state index in [2.05, 4.69) is 25.0 Å². The minimum atomic E-state index is -2.97. The van der Waals surface area contributed by atoms with Crippen molar-refractivity contribution in [1.82, 2.24) is 5.32 Å². The van der Waals surface area contributed by atoms with Crippen LogP contribution in [0.5, 0.6) is 0 Å². The molecule has 5 aromatic rings. The summed E-state index contributed by atoms with van der Waals surface area (Å²) in [6.45, 7) is 10.0.